The topological polar surface area (TPSA) is 67.7 Å². The minimum atomic E-state index is 0.397. The van der Waals surface area contributed by atoms with E-state index in [0.717, 1.165) is 24.2 Å². The minimum absolute atomic E-state index is 0.397. The Morgan fingerprint density at radius 1 is 1.10 bits per heavy atom. The number of hydrogen-bond donors (Lipinski definition) is 1. The summed E-state index contributed by atoms with van der Waals surface area (Å²) in [5, 5.41) is 11.7. The maximum absolute atomic E-state index is 5.49. The van der Waals surface area contributed by atoms with Crippen molar-refractivity contribution in [2.45, 2.75) is 13.8 Å². The van der Waals surface area contributed by atoms with Gasteiger partial charge in [0.05, 0.1) is 26.0 Å². The van der Waals surface area contributed by atoms with Crippen LogP contribution in [-0.2, 0) is 0 Å². The van der Waals surface area contributed by atoms with Crippen LogP contribution in [0.15, 0.2) is 47.6 Å². The van der Waals surface area contributed by atoms with Crippen molar-refractivity contribution < 1.29 is 9.47 Å². The number of nitrogens with zero attached hydrogens (tertiary/aromatic N) is 4. The molecule has 29 heavy (non-hydrogen) atoms. The van der Waals surface area contributed by atoms with Crippen LogP contribution in [0.4, 0.5) is 5.69 Å². The molecule has 0 saturated carbocycles. The third kappa shape index (κ3) is 4.48. The highest BCUT2D eigenvalue weighted by Gasteiger charge is 2.14. The molecule has 7 nitrogen and oxygen atoms in total. The van der Waals surface area contributed by atoms with Crippen molar-refractivity contribution in [3.63, 3.8) is 0 Å². The molecule has 0 unspecified atom stereocenters. The van der Waals surface area contributed by atoms with Gasteiger partial charge in [0, 0.05) is 24.8 Å². The van der Waals surface area contributed by atoms with Crippen LogP contribution < -0.4 is 14.4 Å². The van der Waals surface area contributed by atoms with E-state index in [1.54, 1.807) is 31.2 Å². The minimum Gasteiger partial charge on any atom is -0.497 e. The first kappa shape index (κ1) is 20.6. The van der Waals surface area contributed by atoms with Gasteiger partial charge in [-0.15, -0.1) is 0 Å². The maximum atomic E-state index is 5.49. The summed E-state index contributed by atoms with van der Waals surface area (Å²) in [7, 11) is 3.21. The third-order valence-corrected chi connectivity index (χ3v) is 4.91. The van der Waals surface area contributed by atoms with Gasteiger partial charge in [0.2, 0.25) is 4.77 Å². The van der Waals surface area contributed by atoms with Crippen LogP contribution in [0.1, 0.15) is 19.4 Å². The van der Waals surface area contributed by atoms with Crippen molar-refractivity contribution in [1.29, 1.82) is 0 Å². The summed E-state index contributed by atoms with van der Waals surface area (Å²) in [6.45, 7) is 6.24. The van der Waals surface area contributed by atoms with Crippen LogP contribution in [-0.4, -0.2) is 48.4 Å². The first-order valence-electron chi connectivity index (χ1n) is 9.40. The van der Waals surface area contributed by atoms with E-state index < -0.39 is 0 Å². The molecule has 1 heterocycles. The third-order valence-electron chi connectivity index (χ3n) is 4.64. The Morgan fingerprint density at radius 3 is 2.45 bits per heavy atom. The molecule has 2 aromatic carbocycles. The van der Waals surface area contributed by atoms with Gasteiger partial charge in [-0.05, 0) is 55.9 Å². The Morgan fingerprint density at radius 2 is 1.83 bits per heavy atom. The SMILES string of the molecule is CCN(CC)c1ccc(/C=N\n2c(-c3ccc(OC)cc3OC)n[nH]c2=S)cc1. The molecule has 1 N–H and O–H groups in total. The molecule has 3 aromatic rings. The number of methoxy groups -OCH3 is 2. The van der Waals surface area contributed by atoms with Gasteiger partial charge in [0.1, 0.15) is 11.5 Å². The lowest BCUT2D eigenvalue weighted by Crippen LogP contribution is -2.21. The Bertz CT molecular complexity index is 1040. The summed E-state index contributed by atoms with van der Waals surface area (Å²) < 4.78 is 12.7. The molecule has 1 aromatic heterocycles. The van der Waals surface area contributed by atoms with Crippen LogP contribution in [0.5, 0.6) is 11.5 Å². The normalized spacial score (nSPS) is 11.0. The zero-order valence-corrected chi connectivity index (χ0v) is 17.9. The molecule has 152 valence electrons. The van der Waals surface area contributed by atoms with E-state index in [-0.39, 0.29) is 0 Å². The van der Waals surface area contributed by atoms with E-state index in [9.17, 15) is 0 Å². The van der Waals surface area contributed by atoms with E-state index in [0.29, 0.717) is 22.1 Å². The molecule has 0 radical (unpaired) electrons. The van der Waals surface area contributed by atoms with E-state index in [1.807, 2.05) is 24.3 Å². The highest BCUT2D eigenvalue weighted by molar-refractivity contribution is 7.71. The summed E-state index contributed by atoms with van der Waals surface area (Å²) in [6.07, 6.45) is 1.76. The molecule has 0 aliphatic heterocycles. The molecule has 0 saturated heterocycles. The second-order valence-corrected chi connectivity index (χ2v) is 6.63. The number of H-pyrrole nitrogens is 1. The molecule has 3 rings (SSSR count). The number of aromatic nitrogens is 3. The lowest BCUT2D eigenvalue weighted by atomic mass is 10.2. The van der Waals surface area contributed by atoms with Crippen molar-refractivity contribution in [1.82, 2.24) is 14.9 Å². The molecule has 8 heteroatoms. The van der Waals surface area contributed by atoms with Gasteiger partial charge < -0.3 is 14.4 Å². The fraction of sp³-hybridized carbons (Fsp3) is 0.286. The van der Waals surface area contributed by atoms with Crippen LogP contribution >= 0.6 is 12.2 Å². The highest BCUT2D eigenvalue weighted by Crippen LogP contribution is 2.32. The van der Waals surface area contributed by atoms with Crippen LogP contribution in [0.3, 0.4) is 0 Å². The summed E-state index contributed by atoms with van der Waals surface area (Å²) in [5.41, 5.74) is 2.92. The monoisotopic (exact) mass is 411 g/mol. The summed E-state index contributed by atoms with van der Waals surface area (Å²) in [6, 6.07) is 13.8. The average molecular weight is 412 g/mol. The smallest absolute Gasteiger partial charge is 0.216 e. The van der Waals surface area contributed by atoms with Crippen molar-refractivity contribution in [3.05, 3.63) is 52.8 Å². The molecular weight excluding hydrogens is 386 g/mol. The molecule has 0 aliphatic rings. The first-order chi connectivity index (χ1) is 14.1. The molecular formula is C21H25N5O2S. The van der Waals surface area contributed by atoms with E-state index in [1.165, 1.54) is 5.69 Å². The van der Waals surface area contributed by atoms with Gasteiger partial charge in [-0.1, -0.05) is 12.1 Å². The highest BCUT2D eigenvalue weighted by atomic mass is 32.1. The van der Waals surface area contributed by atoms with Crippen LogP contribution in [0, 0.1) is 4.77 Å². The standard InChI is InChI=1S/C21H25N5O2S/c1-5-25(6-2)16-9-7-15(8-10-16)14-22-26-20(23-24-21(26)29)18-12-11-17(27-3)13-19(18)28-4/h7-14H,5-6H2,1-4H3,(H,24,29)/b22-14-. The van der Waals surface area contributed by atoms with Gasteiger partial charge in [0.15, 0.2) is 5.82 Å². The largest absolute Gasteiger partial charge is 0.497 e. The summed E-state index contributed by atoms with van der Waals surface area (Å²) in [4.78, 5) is 2.29. The second-order valence-electron chi connectivity index (χ2n) is 6.24. The number of ether oxygens (including phenoxy) is 2. The van der Waals surface area contributed by atoms with E-state index in [4.69, 9.17) is 21.7 Å². The number of nitrogens with one attached hydrogen (secondary N) is 1. The zero-order valence-electron chi connectivity index (χ0n) is 17.0. The predicted octanol–water partition coefficient (Wildman–Crippen LogP) is 4.35. The van der Waals surface area contributed by atoms with Gasteiger partial charge in [0.25, 0.3) is 0 Å². The van der Waals surface area contributed by atoms with Crippen molar-refractivity contribution in [2.75, 3.05) is 32.2 Å². The molecule has 0 amide bonds. The summed E-state index contributed by atoms with van der Waals surface area (Å²) >= 11 is 5.36. The van der Waals surface area contributed by atoms with Gasteiger partial charge in [-0.2, -0.15) is 14.9 Å². The van der Waals surface area contributed by atoms with Gasteiger partial charge in [-0.25, -0.2) is 5.10 Å². The lowest BCUT2D eigenvalue weighted by Gasteiger charge is -2.20. The second kappa shape index (κ2) is 9.38. The average Bonchev–Trinajstić information content (AvgIpc) is 3.13. The van der Waals surface area contributed by atoms with Crippen LogP contribution in [0.25, 0.3) is 11.4 Å². The quantitative estimate of drug-likeness (QED) is 0.441. The number of anilines is 1. The number of hydrogen-bond acceptors (Lipinski definition) is 6. The number of benzene rings is 2. The lowest BCUT2D eigenvalue weighted by molar-refractivity contribution is 0.395. The Kier molecular flexibility index (Phi) is 6.66. The Balaban J connectivity index is 1.92. The van der Waals surface area contributed by atoms with E-state index >= 15 is 0 Å². The van der Waals surface area contributed by atoms with Crippen molar-refractivity contribution >= 4 is 24.1 Å². The fourth-order valence-corrected chi connectivity index (χ4v) is 3.22. The Hall–Kier alpha value is -3.13. The molecule has 0 bridgehead atoms. The van der Waals surface area contributed by atoms with Crippen LogP contribution in [0.2, 0.25) is 0 Å². The molecule has 0 atom stereocenters. The first-order valence-corrected chi connectivity index (χ1v) is 9.81. The molecule has 0 spiro atoms. The number of aromatic amines is 1. The predicted molar refractivity (Wildman–Crippen MR) is 119 cm³/mol. The van der Waals surface area contributed by atoms with Crippen molar-refractivity contribution in [3.8, 4) is 22.9 Å². The maximum Gasteiger partial charge on any atom is 0.216 e. The van der Waals surface area contributed by atoms with E-state index in [2.05, 4.69) is 46.2 Å². The molecule has 0 aliphatic carbocycles. The molecule has 0 fully saturated rings. The van der Waals surface area contributed by atoms with Gasteiger partial charge >= 0.3 is 0 Å². The summed E-state index contributed by atoms with van der Waals surface area (Å²) in [5.74, 6) is 1.88. The number of rotatable bonds is 8. The zero-order chi connectivity index (χ0) is 20.8. The van der Waals surface area contributed by atoms with Crippen molar-refractivity contribution in [2.24, 2.45) is 5.10 Å². The fourth-order valence-electron chi connectivity index (χ4n) is 3.04. The Labute approximate surface area is 175 Å². The van der Waals surface area contributed by atoms with Gasteiger partial charge in [-0.3, -0.25) is 0 Å².